The molecular formula is C22H26N4O3. The SMILES string of the molecule is CCNC(=O)N1CCN(C(=O)C2CC(=O)N(c3cccc4ccccc34)C2)CC1. The summed E-state index contributed by atoms with van der Waals surface area (Å²) < 4.78 is 0. The number of carbonyl (C=O) groups excluding carboxylic acids is 3. The first-order chi connectivity index (χ1) is 14.1. The van der Waals surface area contributed by atoms with Gasteiger partial charge in [-0.15, -0.1) is 0 Å². The summed E-state index contributed by atoms with van der Waals surface area (Å²) >= 11 is 0. The van der Waals surface area contributed by atoms with Crippen LogP contribution in [-0.2, 0) is 9.59 Å². The number of benzene rings is 2. The number of anilines is 1. The van der Waals surface area contributed by atoms with Gasteiger partial charge in [-0.2, -0.15) is 0 Å². The third kappa shape index (κ3) is 3.77. The van der Waals surface area contributed by atoms with Gasteiger partial charge in [0.1, 0.15) is 0 Å². The molecule has 2 aromatic rings. The van der Waals surface area contributed by atoms with Crippen molar-refractivity contribution in [1.82, 2.24) is 15.1 Å². The zero-order chi connectivity index (χ0) is 20.4. The predicted molar refractivity (Wildman–Crippen MR) is 112 cm³/mol. The van der Waals surface area contributed by atoms with E-state index in [4.69, 9.17) is 0 Å². The molecule has 2 fully saturated rings. The Morgan fingerprint density at radius 2 is 1.69 bits per heavy atom. The van der Waals surface area contributed by atoms with Gasteiger partial charge in [0.25, 0.3) is 0 Å². The van der Waals surface area contributed by atoms with Gasteiger partial charge < -0.3 is 20.0 Å². The van der Waals surface area contributed by atoms with E-state index in [1.807, 2.05) is 49.4 Å². The Morgan fingerprint density at radius 1 is 1.00 bits per heavy atom. The van der Waals surface area contributed by atoms with E-state index < -0.39 is 0 Å². The van der Waals surface area contributed by atoms with Crippen molar-refractivity contribution < 1.29 is 14.4 Å². The minimum Gasteiger partial charge on any atom is -0.339 e. The number of nitrogens with one attached hydrogen (secondary N) is 1. The highest BCUT2D eigenvalue weighted by atomic mass is 16.2. The molecular weight excluding hydrogens is 368 g/mol. The van der Waals surface area contributed by atoms with Gasteiger partial charge in [-0.25, -0.2) is 4.79 Å². The van der Waals surface area contributed by atoms with E-state index in [0.717, 1.165) is 16.5 Å². The van der Waals surface area contributed by atoms with Crippen molar-refractivity contribution in [3.63, 3.8) is 0 Å². The second-order valence-corrected chi connectivity index (χ2v) is 7.55. The van der Waals surface area contributed by atoms with Gasteiger partial charge in [0.2, 0.25) is 11.8 Å². The van der Waals surface area contributed by atoms with Crippen LogP contribution in [0.15, 0.2) is 42.5 Å². The van der Waals surface area contributed by atoms with E-state index in [1.54, 1.807) is 14.7 Å². The first-order valence-electron chi connectivity index (χ1n) is 10.2. The Kier molecular flexibility index (Phi) is 5.38. The fraction of sp³-hybridized carbons (Fsp3) is 0.409. The van der Waals surface area contributed by atoms with Crippen LogP contribution >= 0.6 is 0 Å². The van der Waals surface area contributed by atoms with Crippen molar-refractivity contribution in [3.8, 4) is 0 Å². The summed E-state index contributed by atoms with van der Waals surface area (Å²) in [6, 6.07) is 13.8. The molecule has 152 valence electrons. The van der Waals surface area contributed by atoms with Crippen molar-refractivity contribution in [2.45, 2.75) is 13.3 Å². The summed E-state index contributed by atoms with van der Waals surface area (Å²) in [6.07, 6.45) is 0.235. The van der Waals surface area contributed by atoms with Crippen LogP contribution in [0.2, 0.25) is 0 Å². The Morgan fingerprint density at radius 3 is 2.45 bits per heavy atom. The van der Waals surface area contributed by atoms with E-state index in [0.29, 0.717) is 39.3 Å². The summed E-state index contributed by atoms with van der Waals surface area (Å²) in [5, 5.41) is 4.89. The molecule has 2 aromatic carbocycles. The highest BCUT2D eigenvalue weighted by Crippen LogP contribution is 2.32. The molecule has 0 aliphatic carbocycles. The molecule has 1 atom stereocenters. The fourth-order valence-electron chi connectivity index (χ4n) is 4.20. The van der Waals surface area contributed by atoms with Crippen LogP contribution in [0.3, 0.4) is 0 Å². The number of hydrogen-bond acceptors (Lipinski definition) is 3. The molecule has 0 saturated carbocycles. The highest BCUT2D eigenvalue weighted by molar-refractivity contribution is 6.07. The Bertz CT molecular complexity index is 931. The first-order valence-corrected chi connectivity index (χ1v) is 10.2. The second kappa shape index (κ2) is 8.11. The van der Waals surface area contributed by atoms with Crippen LogP contribution < -0.4 is 10.2 Å². The zero-order valence-electron chi connectivity index (χ0n) is 16.6. The fourth-order valence-corrected chi connectivity index (χ4v) is 4.20. The molecule has 2 aliphatic rings. The third-order valence-corrected chi connectivity index (χ3v) is 5.74. The molecule has 0 spiro atoms. The molecule has 2 heterocycles. The lowest BCUT2D eigenvalue weighted by molar-refractivity contribution is -0.137. The minimum absolute atomic E-state index is 0.0108. The predicted octanol–water partition coefficient (Wildman–Crippen LogP) is 2.07. The van der Waals surface area contributed by atoms with E-state index in [9.17, 15) is 14.4 Å². The van der Waals surface area contributed by atoms with Gasteiger partial charge in [0.15, 0.2) is 0 Å². The van der Waals surface area contributed by atoms with Crippen LogP contribution in [0.4, 0.5) is 10.5 Å². The van der Waals surface area contributed by atoms with Crippen molar-refractivity contribution >= 4 is 34.3 Å². The topological polar surface area (TPSA) is 73.0 Å². The number of rotatable bonds is 3. The Balaban J connectivity index is 1.43. The molecule has 0 bridgehead atoms. The molecule has 4 amide bonds. The molecule has 4 rings (SSSR count). The number of carbonyl (C=O) groups is 3. The largest absolute Gasteiger partial charge is 0.339 e. The van der Waals surface area contributed by atoms with E-state index in [-0.39, 0.29) is 30.2 Å². The monoisotopic (exact) mass is 394 g/mol. The number of fused-ring (bicyclic) bond motifs is 1. The van der Waals surface area contributed by atoms with Gasteiger partial charge in [0.05, 0.1) is 11.6 Å². The molecule has 7 nitrogen and oxygen atoms in total. The summed E-state index contributed by atoms with van der Waals surface area (Å²) in [4.78, 5) is 43.0. The van der Waals surface area contributed by atoms with Crippen molar-refractivity contribution in [3.05, 3.63) is 42.5 Å². The van der Waals surface area contributed by atoms with Crippen molar-refractivity contribution in [1.29, 1.82) is 0 Å². The molecule has 0 aromatic heterocycles. The maximum atomic E-state index is 13.0. The van der Waals surface area contributed by atoms with Gasteiger partial charge in [-0.1, -0.05) is 36.4 Å². The molecule has 1 unspecified atom stereocenters. The van der Waals surface area contributed by atoms with Crippen molar-refractivity contribution in [2.24, 2.45) is 5.92 Å². The highest BCUT2D eigenvalue weighted by Gasteiger charge is 2.38. The molecule has 0 radical (unpaired) electrons. The number of hydrogen-bond donors (Lipinski definition) is 1. The van der Waals surface area contributed by atoms with Gasteiger partial charge >= 0.3 is 6.03 Å². The summed E-state index contributed by atoms with van der Waals surface area (Å²) in [5.41, 5.74) is 0.865. The van der Waals surface area contributed by atoms with Crippen LogP contribution in [0.5, 0.6) is 0 Å². The summed E-state index contributed by atoms with van der Waals surface area (Å²) in [6.45, 7) is 4.94. The van der Waals surface area contributed by atoms with Gasteiger partial charge in [0, 0.05) is 51.1 Å². The third-order valence-electron chi connectivity index (χ3n) is 5.74. The molecule has 2 saturated heterocycles. The number of amides is 4. The maximum Gasteiger partial charge on any atom is 0.317 e. The summed E-state index contributed by atoms with van der Waals surface area (Å²) in [7, 11) is 0. The smallest absolute Gasteiger partial charge is 0.317 e. The van der Waals surface area contributed by atoms with Crippen LogP contribution in [0, 0.1) is 5.92 Å². The molecule has 29 heavy (non-hydrogen) atoms. The Hall–Kier alpha value is -3.09. The lowest BCUT2D eigenvalue weighted by Gasteiger charge is -2.35. The number of urea groups is 1. The van der Waals surface area contributed by atoms with Gasteiger partial charge in [-0.3, -0.25) is 9.59 Å². The molecule has 7 heteroatoms. The lowest BCUT2D eigenvalue weighted by atomic mass is 10.1. The molecule has 2 aliphatic heterocycles. The van der Waals surface area contributed by atoms with E-state index in [2.05, 4.69) is 5.32 Å². The van der Waals surface area contributed by atoms with Crippen molar-refractivity contribution in [2.75, 3.05) is 44.2 Å². The normalized spacial score (nSPS) is 19.7. The van der Waals surface area contributed by atoms with Crippen LogP contribution in [-0.4, -0.2) is 66.9 Å². The lowest BCUT2D eigenvalue weighted by Crippen LogP contribution is -2.54. The maximum absolute atomic E-state index is 13.0. The van der Waals surface area contributed by atoms with Crippen LogP contribution in [0.1, 0.15) is 13.3 Å². The second-order valence-electron chi connectivity index (χ2n) is 7.55. The van der Waals surface area contributed by atoms with Crippen LogP contribution in [0.25, 0.3) is 10.8 Å². The Labute approximate surface area is 170 Å². The molecule has 1 N–H and O–H groups in total. The summed E-state index contributed by atoms with van der Waals surface area (Å²) in [5.74, 6) is -0.338. The quantitative estimate of drug-likeness (QED) is 0.866. The van der Waals surface area contributed by atoms with E-state index in [1.165, 1.54) is 0 Å². The zero-order valence-corrected chi connectivity index (χ0v) is 16.6. The average molecular weight is 394 g/mol. The number of nitrogens with zero attached hydrogens (tertiary/aromatic N) is 3. The number of piperazine rings is 1. The standard InChI is InChI=1S/C22H26N4O3/c1-2-23-22(29)25-12-10-24(11-13-25)21(28)17-14-20(27)26(15-17)19-9-5-7-16-6-3-4-8-18(16)19/h3-9,17H,2,10-15H2,1H3,(H,23,29). The minimum atomic E-state index is -0.336. The average Bonchev–Trinajstić information content (AvgIpc) is 3.14. The van der Waals surface area contributed by atoms with E-state index >= 15 is 0 Å². The van der Waals surface area contributed by atoms with Gasteiger partial charge in [-0.05, 0) is 18.4 Å². The first kappa shape index (κ1) is 19.2.